The number of unbranched alkanes of at least 4 members (excludes halogenated alkanes) is 48. The molecule has 0 spiro atoms. The van der Waals surface area contributed by atoms with E-state index in [0.717, 1.165) is 25.7 Å². The van der Waals surface area contributed by atoms with Crippen molar-refractivity contribution in [1.82, 2.24) is 4.67 Å². The number of hydrogen-bond acceptors (Lipinski definition) is 2. The van der Waals surface area contributed by atoms with Crippen LogP contribution in [0.15, 0.2) is 0 Å². The lowest BCUT2D eigenvalue weighted by atomic mass is 10.0. The second kappa shape index (κ2) is 52.7. The predicted molar refractivity (Wildman–Crippen MR) is 275 cm³/mol. The van der Waals surface area contributed by atoms with E-state index in [-0.39, 0.29) is 0 Å². The van der Waals surface area contributed by atoms with E-state index in [1.807, 2.05) is 6.92 Å². The third kappa shape index (κ3) is 49.4. The van der Waals surface area contributed by atoms with Gasteiger partial charge in [0.15, 0.2) is 0 Å². The normalized spacial score (nSPS) is 12.9. The van der Waals surface area contributed by atoms with Crippen molar-refractivity contribution in [2.45, 2.75) is 342 Å². The van der Waals surface area contributed by atoms with Gasteiger partial charge in [0.05, 0.1) is 6.61 Å². The molecule has 5 heteroatoms. The molecule has 61 heavy (non-hydrogen) atoms. The minimum absolute atomic E-state index is 0.295. The summed E-state index contributed by atoms with van der Waals surface area (Å²) in [6.07, 6.45) is 69.7. The summed E-state index contributed by atoms with van der Waals surface area (Å²) < 4.78 is 20.0. The van der Waals surface area contributed by atoms with Crippen LogP contribution in [0.2, 0.25) is 0 Å². The number of nitrogens with zero attached hydrogens (tertiary/aromatic N) is 1. The van der Waals surface area contributed by atoms with Gasteiger partial charge in [0.2, 0.25) is 0 Å². The average molecular weight is 883 g/mol. The Morgan fingerprint density at radius 1 is 0.279 bits per heavy atom. The highest BCUT2D eigenvalue weighted by molar-refractivity contribution is 7.50. The maximum absolute atomic E-state index is 12.9. The fourth-order valence-electron chi connectivity index (χ4n) is 9.48. The molecule has 0 fully saturated rings. The van der Waals surface area contributed by atoms with Crippen LogP contribution >= 0.6 is 7.75 Å². The summed E-state index contributed by atoms with van der Waals surface area (Å²) in [4.78, 5) is 10.6. The van der Waals surface area contributed by atoms with E-state index >= 15 is 0 Å². The van der Waals surface area contributed by atoms with Crippen LogP contribution in [0.5, 0.6) is 0 Å². The van der Waals surface area contributed by atoms with Gasteiger partial charge in [-0.2, -0.15) is 0 Å². The van der Waals surface area contributed by atoms with E-state index in [1.54, 1.807) is 4.67 Å². The molecule has 0 aromatic rings. The topological polar surface area (TPSA) is 49.8 Å². The molecule has 0 heterocycles. The lowest BCUT2D eigenvalue weighted by molar-refractivity contribution is 0.206. The van der Waals surface area contributed by atoms with E-state index in [2.05, 4.69) is 13.8 Å². The lowest BCUT2D eigenvalue weighted by Crippen LogP contribution is -2.24. The second-order valence-electron chi connectivity index (χ2n) is 19.8. The molecule has 0 aromatic heterocycles. The third-order valence-electron chi connectivity index (χ3n) is 13.7. The molecule has 1 N–H and O–H groups in total. The minimum Gasteiger partial charge on any atom is -0.312 e. The minimum atomic E-state index is -3.67. The second-order valence-corrected chi connectivity index (χ2v) is 21.6. The maximum atomic E-state index is 12.9. The molecular formula is C56H116NO3P. The quantitative estimate of drug-likeness (QED) is 0.0488. The number of rotatable bonds is 55. The Morgan fingerprint density at radius 3 is 0.574 bits per heavy atom. The van der Waals surface area contributed by atoms with E-state index in [4.69, 9.17) is 4.52 Å². The first-order valence-corrected chi connectivity index (χ1v) is 30.3. The zero-order valence-corrected chi connectivity index (χ0v) is 43.5. The number of hydrogen-bond donors (Lipinski definition) is 1. The molecule has 0 rings (SSSR count). The molecule has 368 valence electrons. The van der Waals surface area contributed by atoms with Crippen molar-refractivity contribution in [2.24, 2.45) is 0 Å². The molecule has 0 aliphatic heterocycles. The highest BCUT2D eigenvalue weighted by atomic mass is 31.2. The van der Waals surface area contributed by atoms with Crippen molar-refractivity contribution < 1.29 is 14.0 Å². The highest BCUT2D eigenvalue weighted by Gasteiger charge is 2.28. The summed E-state index contributed by atoms with van der Waals surface area (Å²) >= 11 is 0. The summed E-state index contributed by atoms with van der Waals surface area (Å²) in [6, 6.07) is 0. The Balaban J connectivity index is 3.55. The Labute approximate surface area is 386 Å². The van der Waals surface area contributed by atoms with Crippen LogP contribution in [-0.2, 0) is 9.09 Å². The monoisotopic (exact) mass is 882 g/mol. The molecule has 1 unspecified atom stereocenters. The summed E-state index contributed by atoms with van der Waals surface area (Å²) in [5.74, 6) is 0. The van der Waals surface area contributed by atoms with Crippen molar-refractivity contribution in [3.05, 3.63) is 0 Å². The molecular weight excluding hydrogens is 766 g/mol. The molecule has 0 amide bonds. The van der Waals surface area contributed by atoms with Gasteiger partial charge in [0.25, 0.3) is 0 Å². The van der Waals surface area contributed by atoms with Gasteiger partial charge in [0.1, 0.15) is 0 Å². The Hall–Kier alpha value is 0.110. The summed E-state index contributed by atoms with van der Waals surface area (Å²) in [7, 11) is -3.67. The SMILES string of the molecule is CCCCCCCCCCCCCCCCCCCCCCCCCCCN(CCCCCCCCCCCCCCCCCCCCCCCCCCC)P(=O)(O)OCC. The summed E-state index contributed by atoms with van der Waals surface area (Å²) in [6.45, 7) is 8.10. The van der Waals surface area contributed by atoms with Gasteiger partial charge in [-0.25, -0.2) is 9.24 Å². The van der Waals surface area contributed by atoms with Crippen molar-refractivity contribution in [1.29, 1.82) is 0 Å². The molecule has 0 saturated heterocycles. The zero-order chi connectivity index (χ0) is 44.3. The van der Waals surface area contributed by atoms with Crippen LogP contribution in [0, 0.1) is 0 Å². The molecule has 0 radical (unpaired) electrons. The first-order valence-electron chi connectivity index (χ1n) is 28.8. The van der Waals surface area contributed by atoms with Gasteiger partial charge in [-0.1, -0.05) is 322 Å². The Bertz CT molecular complexity index is 785. The van der Waals surface area contributed by atoms with Crippen LogP contribution in [0.4, 0.5) is 0 Å². The van der Waals surface area contributed by atoms with Gasteiger partial charge >= 0.3 is 7.75 Å². The predicted octanol–water partition coefficient (Wildman–Crippen LogP) is 21.0. The molecule has 0 bridgehead atoms. The molecule has 4 nitrogen and oxygen atoms in total. The van der Waals surface area contributed by atoms with Crippen LogP contribution in [0.3, 0.4) is 0 Å². The van der Waals surface area contributed by atoms with Crippen LogP contribution in [0.1, 0.15) is 342 Å². The van der Waals surface area contributed by atoms with Gasteiger partial charge in [-0.05, 0) is 19.8 Å². The van der Waals surface area contributed by atoms with Gasteiger partial charge in [-0.3, -0.25) is 4.52 Å². The lowest BCUT2D eigenvalue weighted by Gasteiger charge is -2.26. The first-order chi connectivity index (χ1) is 30.1. The van der Waals surface area contributed by atoms with E-state index in [1.165, 1.54) is 295 Å². The van der Waals surface area contributed by atoms with Crippen LogP contribution in [0.25, 0.3) is 0 Å². The highest BCUT2D eigenvalue weighted by Crippen LogP contribution is 2.46. The van der Waals surface area contributed by atoms with Crippen molar-refractivity contribution in [3.8, 4) is 0 Å². The molecule has 0 aliphatic rings. The molecule has 0 aliphatic carbocycles. The fraction of sp³-hybridized carbons (Fsp3) is 1.00. The standard InChI is InChI=1S/C56H116NO3P/c1-4-7-9-11-13-15-17-19-21-23-25-27-29-31-33-35-37-39-41-43-45-47-49-51-53-55-57(61(58,59)60-6-3)56-54-52-50-48-46-44-42-40-38-36-34-32-30-28-26-24-22-20-18-16-14-12-10-8-5-2/h4-56H2,1-3H3,(H,58,59). The Kier molecular flexibility index (Phi) is 52.8. The molecule has 0 aromatic carbocycles. The maximum Gasteiger partial charge on any atom is 0.405 e. The van der Waals surface area contributed by atoms with Gasteiger partial charge in [0, 0.05) is 13.1 Å². The summed E-state index contributed by atoms with van der Waals surface area (Å²) in [5, 5.41) is 0. The van der Waals surface area contributed by atoms with Crippen LogP contribution < -0.4 is 0 Å². The van der Waals surface area contributed by atoms with Crippen molar-refractivity contribution in [2.75, 3.05) is 19.7 Å². The largest absolute Gasteiger partial charge is 0.405 e. The Morgan fingerprint density at radius 2 is 0.426 bits per heavy atom. The van der Waals surface area contributed by atoms with Crippen molar-refractivity contribution >= 4 is 7.75 Å². The zero-order valence-electron chi connectivity index (χ0n) is 42.6. The molecule has 0 saturated carbocycles. The van der Waals surface area contributed by atoms with Crippen molar-refractivity contribution in [3.63, 3.8) is 0 Å². The smallest absolute Gasteiger partial charge is 0.312 e. The van der Waals surface area contributed by atoms with Gasteiger partial charge < -0.3 is 4.89 Å². The average Bonchev–Trinajstić information content (AvgIpc) is 3.25. The van der Waals surface area contributed by atoms with Gasteiger partial charge in [-0.15, -0.1) is 0 Å². The third-order valence-corrected chi connectivity index (χ3v) is 15.4. The fourth-order valence-corrected chi connectivity index (χ4v) is 10.8. The van der Waals surface area contributed by atoms with E-state index in [9.17, 15) is 9.46 Å². The first kappa shape index (κ1) is 61.1. The molecule has 1 atom stereocenters. The van der Waals surface area contributed by atoms with E-state index in [0.29, 0.717) is 19.7 Å². The van der Waals surface area contributed by atoms with E-state index < -0.39 is 7.75 Å². The summed E-state index contributed by atoms with van der Waals surface area (Å²) in [5.41, 5.74) is 0. The van der Waals surface area contributed by atoms with Crippen LogP contribution in [-0.4, -0.2) is 29.3 Å².